The SMILES string of the molecule is Cc1ccc(NCC(=O)NNC(=O)c2ccccc2O)c(C)c1. The van der Waals surface area contributed by atoms with E-state index in [1.807, 2.05) is 32.0 Å². The number of rotatable bonds is 4. The lowest BCUT2D eigenvalue weighted by atomic mass is 10.1. The van der Waals surface area contributed by atoms with Crippen LogP contribution in [0.1, 0.15) is 21.5 Å². The molecule has 23 heavy (non-hydrogen) atoms. The van der Waals surface area contributed by atoms with Crippen molar-refractivity contribution in [3.05, 3.63) is 59.2 Å². The topological polar surface area (TPSA) is 90.5 Å². The molecule has 2 aromatic rings. The highest BCUT2D eigenvalue weighted by molar-refractivity contribution is 5.97. The molecule has 120 valence electrons. The van der Waals surface area contributed by atoms with Crippen molar-refractivity contribution in [3.8, 4) is 5.75 Å². The maximum Gasteiger partial charge on any atom is 0.273 e. The molecule has 0 unspecified atom stereocenters. The number of benzene rings is 2. The summed E-state index contributed by atoms with van der Waals surface area (Å²) < 4.78 is 0. The number of carbonyl (C=O) groups excluding carboxylic acids is 2. The number of aryl methyl sites for hydroxylation is 2. The quantitative estimate of drug-likeness (QED) is 0.649. The van der Waals surface area contributed by atoms with Gasteiger partial charge in [0.05, 0.1) is 12.1 Å². The summed E-state index contributed by atoms with van der Waals surface area (Å²) in [7, 11) is 0. The molecule has 0 atom stereocenters. The largest absolute Gasteiger partial charge is 0.507 e. The molecule has 6 nitrogen and oxygen atoms in total. The predicted octanol–water partition coefficient (Wildman–Crippen LogP) is 1.88. The second kappa shape index (κ2) is 7.31. The summed E-state index contributed by atoms with van der Waals surface area (Å²) in [6.07, 6.45) is 0. The number of hydrogen-bond donors (Lipinski definition) is 4. The van der Waals surface area contributed by atoms with E-state index in [1.165, 1.54) is 12.1 Å². The maximum absolute atomic E-state index is 11.8. The lowest BCUT2D eigenvalue weighted by molar-refractivity contribution is -0.120. The van der Waals surface area contributed by atoms with Crippen molar-refractivity contribution in [1.29, 1.82) is 0 Å². The van der Waals surface area contributed by atoms with Crippen LogP contribution in [0, 0.1) is 13.8 Å². The molecular formula is C17H19N3O3. The molecular weight excluding hydrogens is 294 g/mol. The minimum absolute atomic E-state index is 0.0188. The molecule has 0 heterocycles. The van der Waals surface area contributed by atoms with Crippen LogP contribution in [-0.4, -0.2) is 23.5 Å². The fourth-order valence-corrected chi connectivity index (χ4v) is 2.09. The van der Waals surface area contributed by atoms with E-state index in [0.29, 0.717) is 0 Å². The molecule has 0 aromatic heterocycles. The standard InChI is InChI=1S/C17H19N3O3/c1-11-7-8-14(12(2)9-11)18-10-16(22)19-20-17(23)13-5-3-4-6-15(13)21/h3-9,18,21H,10H2,1-2H3,(H,19,22)(H,20,23). The van der Waals surface area contributed by atoms with E-state index >= 15 is 0 Å². The van der Waals surface area contributed by atoms with Gasteiger partial charge in [0.2, 0.25) is 0 Å². The van der Waals surface area contributed by atoms with Crippen molar-refractivity contribution in [2.45, 2.75) is 13.8 Å². The van der Waals surface area contributed by atoms with Crippen LogP contribution in [0.5, 0.6) is 5.75 Å². The van der Waals surface area contributed by atoms with Crippen molar-refractivity contribution < 1.29 is 14.7 Å². The molecule has 0 saturated carbocycles. The summed E-state index contributed by atoms with van der Waals surface area (Å²) >= 11 is 0. The van der Waals surface area contributed by atoms with Gasteiger partial charge in [0, 0.05) is 5.69 Å². The van der Waals surface area contributed by atoms with E-state index in [4.69, 9.17) is 0 Å². The lowest BCUT2D eigenvalue weighted by Gasteiger charge is -2.11. The molecule has 2 amide bonds. The summed E-state index contributed by atoms with van der Waals surface area (Å²) in [4.78, 5) is 23.6. The minimum atomic E-state index is -0.581. The molecule has 0 bridgehead atoms. The first-order chi connectivity index (χ1) is 11.0. The first kappa shape index (κ1) is 16.4. The zero-order chi connectivity index (χ0) is 16.8. The average molecular weight is 313 g/mol. The van der Waals surface area contributed by atoms with Gasteiger partial charge >= 0.3 is 0 Å². The van der Waals surface area contributed by atoms with Crippen LogP contribution >= 0.6 is 0 Å². The first-order valence-corrected chi connectivity index (χ1v) is 7.15. The number of hydrazine groups is 1. The lowest BCUT2D eigenvalue weighted by Crippen LogP contribution is -2.44. The van der Waals surface area contributed by atoms with Crippen molar-refractivity contribution >= 4 is 17.5 Å². The maximum atomic E-state index is 11.8. The van der Waals surface area contributed by atoms with Gasteiger partial charge in [0.15, 0.2) is 0 Å². The fraction of sp³-hybridized carbons (Fsp3) is 0.176. The van der Waals surface area contributed by atoms with Crippen LogP contribution < -0.4 is 16.2 Å². The van der Waals surface area contributed by atoms with Crippen LogP contribution in [0.25, 0.3) is 0 Å². The number of phenolic OH excluding ortho intramolecular Hbond substituents is 1. The second-order valence-electron chi connectivity index (χ2n) is 5.19. The molecule has 0 saturated heterocycles. The molecule has 0 fully saturated rings. The van der Waals surface area contributed by atoms with Crippen molar-refractivity contribution in [1.82, 2.24) is 10.9 Å². The van der Waals surface area contributed by atoms with Crippen molar-refractivity contribution in [2.24, 2.45) is 0 Å². The Kier molecular flexibility index (Phi) is 5.19. The third kappa shape index (κ3) is 4.47. The van der Waals surface area contributed by atoms with Gasteiger partial charge in [-0.1, -0.05) is 29.8 Å². The Hall–Kier alpha value is -3.02. The monoisotopic (exact) mass is 313 g/mol. The average Bonchev–Trinajstić information content (AvgIpc) is 2.52. The summed E-state index contributed by atoms with van der Waals surface area (Å²) in [5, 5.41) is 12.6. The van der Waals surface area contributed by atoms with Crippen molar-refractivity contribution in [2.75, 3.05) is 11.9 Å². The first-order valence-electron chi connectivity index (χ1n) is 7.15. The third-order valence-corrected chi connectivity index (χ3v) is 3.29. The minimum Gasteiger partial charge on any atom is -0.507 e. The van der Waals surface area contributed by atoms with Gasteiger partial charge < -0.3 is 10.4 Å². The number of phenols is 1. The van der Waals surface area contributed by atoms with E-state index in [-0.39, 0.29) is 17.9 Å². The Morgan fingerprint density at radius 3 is 2.48 bits per heavy atom. The molecule has 0 radical (unpaired) electrons. The molecule has 0 aliphatic heterocycles. The number of anilines is 1. The van der Waals surface area contributed by atoms with Crippen LogP contribution in [0.2, 0.25) is 0 Å². The van der Waals surface area contributed by atoms with Gasteiger partial charge in [-0.15, -0.1) is 0 Å². The number of aromatic hydroxyl groups is 1. The van der Waals surface area contributed by atoms with E-state index in [2.05, 4.69) is 16.2 Å². The zero-order valence-electron chi connectivity index (χ0n) is 13.0. The van der Waals surface area contributed by atoms with E-state index in [1.54, 1.807) is 12.1 Å². The Morgan fingerprint density at radius 1 is 1.04 bits per heavy atom. The predicted molar refractivity (Wildman–Crippen MR) is 88.1 cm³/mol. The fourth-order valence-electron chi connectivity index (χ4n) is 2.09. The van der Waals surface area contributed by atoms with Crippen LogP contribution in [0.4, 0.5) is 5.69 Å². The third-order valence-electron chi connectivity index (χ3n) is 3.29. The Balaban J connectivity index is 1.83. The number of para-hydroxylation sites is 1. The second-order valence-corrected chi connectivity index (χ2v) is 5.19. The van der Waals surface area contributed by atoms with Gasteiger partial charge in [-0.2, -0.15) is 0 Å². The zero-order valence-corrected chi connectivity index (χ0v) is 13.0. The summed E-state index contributed by atoms with van der Waals surface area (Å²) in [6.45, 7) is 3.97. The van der Waals surface area contributed by atoms with Gasteiger partial charge in [0.25, 0.3) is 11.8 Å². The molecule has 0 aliphatic carbocycles. The normalized spacial score (nSPS) is 10.0. The van der Waals surface area contributed by atoms with Gasteiger partial charge in [-0.3, -0.25) is 20.4 Å². The van der Waals surface area contributed by atoms with Crippen molar-refractivity contribution in [3.63, 3.8) is 0 Å². The molecule has 4 N–H and O–H groups in total. The number of amides is 2. The highest BCUT2D eigenvalue weighted by Gasteiger charge is 2.11. The van der Waals surface area contributed by atoms with E-state index < -0.39 is 11.8 Å². The summed E-state index contributed by atoms with van der Waals surface area (Å²) in [6, 6.07) is 12.0. The number of hydrogen-bond acceptors (Lipinski definition) is 4. The smallest absolute Gasteiger partial charge is 0.273 e. The molecule has 0 spiro atoms. The Morgan fingerprint density at radius 2 is 1.78 bits per heavy atom. The van der Waals surface area contributed by atoms with Crippen LogP contribution in [0.3, 0.4) is 0 Å². The van der Waals surface area contributed by atoms with E-state index in [9.17, 15) is 14.7 Å². The highest BCUT2D eigenvalue weighted by atomic mass is 16.3. The van der Waals surface area contributed by atoms with Gasteiger partial charge in [-0.05, 0) is 37.6 Å². The Labute approximate surface area is 134 Å². The number of carbonyl (C=O) groups is 2. The highest BCUT2D eigenvalue weighted by Crippen LogP contribution is 2.16. The van der Waals surface area contributed by atoms with E-state index in [0.717, 1.165) is 16.8 Å². The number of nitrogens with one attached hydrogen (secondary N) is 3. The molecule has 2 aromatic carbocycles. The van der Waals surface area contributed by atoms with Gasteiger partial charge in [-0.25, -0.2) is 0 Å². The van der Waals surface area contributed by atoms with Gasteiger partial charge in [0.1, 0.15) is 5.75 Å². The van der Waals surface area contributed by atoms with Crippen LogP contribution in [0.15, 0.2) is 42.5 Å². The summed E-state index contributed by atoms with van der Waals surface area (Å²) in [5.41, 5.74) is 7.69. The molecule has 6 heteroatoms. The van der Waals surface area contributed by atoms with Crippen LogP contribution in [-0.2, 0) is 4.79 Å². The molecule has 0 aliphatic rings. The molecule has 2 rings (SSSR count). The summed E-state index contributed by atoms with van der Waals surface area (Å²) in [5.74, 6) is -1.12. The Bertz CT molecular complexity index is 729.